The minimum absolute atomic E-state index is 0.103. The van der Waals surface area contributed by atoms with E-state index in [9.17, 15) is 9.90 Å². The first-order chi connectivity index (χ1) is 15.0. The predicted molar refractivity (Wildman–Crippen MR) is 117 cm³/mol. The number of ketones is 1. The number of carbonyl (C=O) groups is 1. The highest BCUT2D eigenvalue weighted by Gasteiger charge is 2.40. The van der Waals surface area contributed by atoms with E-state index in [-0.39, 0.29) is 23.7 Å². The molecule has 0 spiro atoms. The van der Waals surface area contributed by atoms with E-state index in [1.54, 1.807) is 31.4 Å². The van der Waals surface area contributed by atoms with Crippen molar-refractivity contribution in [1.29, 1.82) is 0 Å². The van der Waals surface area contributed by atoms with Gasteiger partial charge in [-0.1, -0.05) is 48.0 Å². The maximum atomic E-state index is 13.0. The maximum Gasteiger partial charge on any atom is 0.193 e. The first-order valence-corrected chi connectivity index (χ1v) is 9.88. The molecule has 158 valence electrons. The van der Waals surface area contributed by atoms with Crippen LogP contribution in [0, 0.1) is 13.8 Å². The molecule has 2 aromatic carbocycles. The number of hydroxylamine groups is 1. The molecule has 7 nitrogen and oxygen atoms in total. The van der Waals surface area contributed by atoms with E-state index in [2.05, 4.69) is 10.2 Å². The SMILES string of the molecule is COc1ccccc1C1C(=C(O)c2ccc(C)cc2)C(=O)CON1c1ccc(C)nn1. The minimum atomic E-state index is -0.782. The molecule has 0 amide bonds. The molecule has 1 N–H and O–H groups in total. The van der Waals surface area contributed by atoms with Gasteiger partial charge in [-0.2, -0.15) is 5.10 Å². The van der Waals surface area contributed by atoms with Gasteiger partial charge < -0.3 is 9.84 Å². The Kier molecular flexibility index (Phi) is 5.68. The van der Waals surface area contributed by atoms with Gasteiger partial charge >= 0.3 is 0 Å². The quantitative estimate of drug-likeness (QED) is 0.505. The van der Waals surface area contributed by atoms with Crippen molar-refractivity contribution in [3.8, 4) is 5.75 Å². The van der Waals surface area contributed by atoms with Gasteiger partial charge in [-0.05, 0) is 32.0 Å². The fourth-order valence-corrected chi connectivity index (χ4v) is 3.56. The molecule has 31 heavy (non-hydrogen) atoms. The third-order valence-corrected chi connectivity index (χ3v) is 5.17. The van der Waals surface area contributed by atoms with Crippen molar-refractivity contribution < 1.29 is 19.5 Å². The van der Waals surface area contributed by atoms with Gasteiger partial charge in [0.1, 0.15) is 24.2 Å². The van der Waals surface area contributed by atoms with Crippen LogP contribution in [0.5, 0.6) is 5.75 Å². The van der Waals surface area contributed by atoms with Crippen LogP contribution in [0.4, 0.5) is 5.82 Å². The van der Waals surface area contributed by atoms with Crippen molar-refractivity contribution in [3.05, 3.63) is 88.6 Å². The highest BCUT2D eigenvalue weighted by molar-refractivity contribution is 6.05. The summed E-state index contributed by atoms with van der Waals surface area (Å²) < 4.78 is 5.55. The average Bonchev–Trinajstić information content (AvgIpc) is 2.79. The normalized spacial score (nSPS) is 18.1. The van der Waals surface area contributed by atoms with Crippen LogP contribution >= 0.6 is 0 Å². The van der Waals surface area contributed by atoms with E-state index in [0.717, 1.165) is 11.3 Å². The Morgan fingerprint density at radius 3 is 2.48 bits per heavy atom. The number of aryl methyl sites for hydroxylation is 2. The zero-order chi connectivity index (χ0) is 22.0. The minimum Gasteiger partial charge on any atom is -0.507 e. The number of para-hydroxylation sites is 1. The zero-order valence-corrected chi connectivity index (χ0v) is 17.6. The molecule has 1 aliphatic heterocycles. The van der Waals surface area contributed by atoms with Crippen molar-refractivity contribution in [1.82, 2.24) is 10.2 Å². The fraction of sp³-hybridized carbons (Fsp3) is 0.208. The second-order valence-corrected chi connectivity index (χ2v) is 7.33. The van der Waals surface area contributed by atoms with Crippen LogP contribution in [0.25, 0.3) is 5.76 Å². The lowest BCUT2D eigenvalue weighted by Gasteiger charge is -2.37. The molecule has 1 fully saturated rings. The van der Waals surface area contributed by atoms with E-state index >= 15 is 0 Å². The Morgan fingerprint density at radius 1 is 1.06 bits per heavy atom. The van der Waals surface area contributed by atoms with Gasteiger partial charge in [0.15, 0.2) is 11.6 Å². The number of methoxy groups -OCH3 is 1. The van der Waals surface area contributed by atoms with Crippen LogP contribution in [0.1, 0.15) is 28.4 Å². The van der Waals surface area contributed by atoms with Gasteiger partial charge in [0.2, 0.25) is 0 Å². The number of anilines is 1. The second kappa shape index (κ2) is 8.57. The van der Waals surface area contributed by atoms with E-state index in [0.29, 0.717) is 22.7 Å². The summed E-state index contributed by atoms with van der Waals surface area (Å²) in [6, 6.07) is 17.5. The molecule has 1 aromatic heterocycles. The third-order valence-electron chi connectivity index (χ3n) is 5.17. The van der Waals surface area contributed by atoms with E-state index < -0.39 is 6.04 Å². The number of benzene rings is 2. The Balaban J connectivity index is 1.94. The molecule has 0 bridgehead atoms. The summed E-state index contributed by atoms with van der Waals surface area (Å²) in [5, 5.41) is 21.1. The number of nitrogens with zero attached hydrogens (tertiary/aromatic N) is 3. The number of aromatic nitrogens is 2. The standard InChI is InChI=1S/C24H23N3O4/c1-15-8-11-17(12-9-15)24(29)22-19(28)14-31-27(21-13-10-16(2)25-26-21)23(22)18-6-4-5-7-20(18)30-3/h4-13,23,29H,14H2,1-3H3. The summed E-state index contributed by atoms with van der Waals surface area (Å²) >= 11 is 0. The van der Waals surface area contributed by atoms with Crippen molar-refractivity contribution in [3.63, 3.8) is 0 Å². The van der Waals surface area contributed by atoms with Gasteiger partial charge in [0, 0.05) is 11.1 Å². The molecule has 7 heteroatoms. The molecule has 4 rings (SSSR count). The lowest BCUT2D eigenvalue weighted by Crippen LogP contribution is -2.41. The van der Waals surface area contributed by atoms with Crippen LogP contribution < -0.4 is 9.80 Å². The molecular formula is C24H23N3O4. The van der Waals surface area contributed by atoms with Gasteiger partial charge in [0.05, 0.1) is 18.4 Å². The Hall–Kier alpha value is -3.71. The number of hydrogen-bond donors (Lipinski definition) is 1. The van der Waals surface area contributed by atoms with E-state index in [1.807, 2.05) is 50.2 Å². The summed E-state index contributed by atoms with van der Waals surface area (Å²) in [7, 11) is 1.56. The molecule has 1 saturated heterocycles. The Bertz CT molecular complexity index is 1120. The van der Waals surface area contributed by atoms with Gasteiger partial charge in [0.25, 0.3) is 0 Å². The van der Waals surface area contributed by atoms with Crippen LogP contribution in [-0.2, 0) is 9.63 Å². The number of Topliss-reactive ketones (excluding diaryl/α,β-unsaturated/α-hetero) is 1. The zero-order valence-electron chi connectivity index (χ0n) is 17.6. The molecule has 2 heterocycles. The van der Waals surface area contributed by atoms with Crippen LogP contribution in [0.3, 0.4) is 0 Å². The van der Waals surface area contributed by atoms with Crippen molar-refractivity contribution >= 4 is 17.4 Å². The largest absolute Gasteiger partial charge is 0.507 e. The number of aliphatic hydroxyl groups excluding tert-OH is 1. The Morgan fingerprint density at radius 2 is 1.81 bits per heavy atom. The maximum absolute atomic E-state index is 13.0. The lowest BCUT2D eigenvalue weighted by atomic mass is 9.90. The van der Waals surface area contributed by atoms with Crippen molar-refractivity contribution in [2.75, 3.05) is 18.8 Å². The van der Waals surface area contributed by atoms with Crippen LogP contribution in [0.2, 0.25) is 0 Å². The first-order valence-electron chi connectivity index (χ1n) is 9.88. The van der Waals surface area contributed by atoms with E-state index in [1.165, 1.54) is 5.06 Å². The Labute approximate surface area is 180 Å². The highest BCUT2D eigenvalue weighted by Crippen LogP contribution is 2.42. The van der Waals surface area contributed by atoms with Crippen molar-refractivity contribution in [2.45, 2.75) is 19.9 Å². The predicted octanol–water partition coefficient (Wildman–Crippen LogP) is 4.13. The third kappa shape index (κ3) is 4.00. The summed E-state index contributed by atoms with van der Waals surface area (Å²) in [5.41, 5.74) is 3.23. The number of carbonyl (C=O) groups excluding carboxylic acids is 1. The second-order valence-electron chi connectivity index (χ2n) is 7.33. The topological polar surface area (TPSA) is 84.8 Å². The molecule has 1 atom stereocenters. The number of rotatable bonds is 4. The smallest absolute Gasteiger partial charge is 0.193 e. The molecule has 0 aliphatic carbocycles. The summed E-state index contributed by atoms with van der Waals surface area (Å²) in [5.74, 6) is 0.563. The lowest BCUT2D eigenvalue weighted by molar-refractivity contribution is -0.124. The van der Waals surface area contributed by atoms with Gasteiger partial charge in [-0.3, -0.25) is 9.63 Å². The van der Waals surface area contributed by atoms with Crippen LogP contribution in [-0.4, -0.2) is 34.8 Å². The summed E-state index contributed by atoms with van der Waals surface area (Å²) in [4.78, 5) is 18.8. The number of hydrogen-bond acceptors (Lipinski definition) is 7. The van der Waals surface area contributed by atoms with Gasteiger partial charge in [-0.25, -0.2) is 5.06 Å². The molecule has 0 saturated carbocycles. The summed E-state index contributed by atoms with van der Waals surface area (Å²) in [6.45, 7) is 3.57. The molecule has 3 aromatic rings. The highest BCUT2D eigenvalue weighted by atomic mass is 16.7. The first kappa shape index (κ1) is 20.6. The van der Waals surface area contributed by atoms with Crippen LogP contribution in [0.15, 0.2) is 66.2 Å². The fourth-order valence-electron chi connectivity index (χ4n) is 3.56. The molecule has 1 unspecified atom stereocenters. The molecular weight excluding hydrogens is 394 g/mol. The van der Waals surface area contributed by atoms with Crippen molar-refractivity contribution in [2.24, 2.45) is 0 Å². The monoisotopic (exact) mass is 417 g/mol. The molecule has 0 radical (unpaired) electrons. The van der Waals surface area contributed by atoms with E-state index in [4.69, 9.17) is 9.57 Å². The number of ether oxygens (including phenoxy) is 1. The molecule has 1 aliphatic rings. The summed E-state index contributed by atoms with van der Waals surface area (Å²) in [6.07, 6.45) is 0. The van der Waals surface area contributed by atoms with Gasteiger partial charge in [-0.15, -0.1) is 5.10 Å². The number of aliphatic hydroxyl groups is 1. The average molecular weight is 417 g/mol.